The van der Waals surface area contributed by atoms with Crippen molar-refractivity contribution in [2.45, 2.75) is 38.8 Å². The molecular formula is C97H78Cl5N15O11S. The van der Waals surface area contributed by atoms with Gasteiger partial charge in [0, 0.05) is 112 Å². The van der Waals surface area contributed by atoms with Crippen LogP contribution in [0.5, 0.6) is 5.88 Å². The summed E-state index contributed by atoms with van der Waals surface area (Å²) >= 11 is 31.5. The Kier molecular flexibility index (Phi) is 32.8. The summed E-state index contributed by atoms with van der Waals surface area (Å²) in [7, 11) is -1.91. The molecular weight excluding hydrogens is 1760 g/mol. The van der Waals surface area contributed by atoms with Gasteiger partial charge >= 0.3 is 0 Å². The van der Waals surface area contributed by atoms with Gasteiger partial charge in [0.2, 0.25) is 5.88 Å². The zero-order valence-corrected chi connectivity index (χ0v) is 73.4. The summed E-state index contributed by atoms with van der Waals surface area (Å²) in [6, 6.07) is 78.1. The number of ether oxygens (including phenoxy) is 1. The van der Waals surface area contributed by atoms with Gasteiger partial charge in [-0.15, -0.1) is 0 Å². The second-order valence-electron chi connectivity index (χ2n) is 28.3. The summed E-state index contributed by atoms with van der Waals surface area (Å²) in [5, 5.41) is 31.1. The van der Waals surface area contributed by atoms with E-state index in [9.17, 15) is 47.1 Å². The molecule has 8 N–H and O–H groups in total. The lowest BCUT2D eigenvalue weighted by molar-refractivity contribution is 0.0939. The van der Waals surface area contributed by atoms with Gasteiger partial charge < -0.3 is 47.1 Å². The quantitative estimate of drug-likeness (QED) is 0.0263. The Bertz CT molecular complexity index is 6600. The van der Waals surface area contributed by atoms with Crippen molar-refractivity contribution in [1.29, 1.82) is 0 Å². The van der Waals surface area contributed by atoms with Crippen molar-refractivity contribution in [1.82, 2.24) is 50.5 Å². The van der Waals surface area contributed by atoms with Gasteiger partial charge in [-0.2, -0.15) is 0 Å². The number of nitrogens with zero attached hydrogens (tertiary/aromatic N) is 8. The van der Waals surface area contributed by atoms with Crippen LogP contribution in [-0.4, -0.2) is 114 Å². The van der Waals surface area contributed by atoms with Crippen LogP contribution in [0.1, 0.15) is 102 Å². The average Bonchev–Trinajstić information content (AvgIpc) is 0.832. The summed E-state index contributed by atoms with van der Waals surface area (Å²) in [5.74, 6) is -2.55. The standard InChI is InChI=1S/C26H20Cl2N4O2.C25H19ClN4O2.C24H18ClN5O3.C22H21ClN2O4S/c1-16-5-4-6-19(31-16)15-30-25(33)17-8-10-20(23(28)13-17)26(34)32-18-9-11-22(27)21(14-18)24-7-2-3-12-29-24;26-21-11-10-19(14-20(21)22-8-4-5-13-27-22)30-24(31)18-9-12-23(28-16-18)25(32)29-15-17-6-2-1-3-7-17;1-33-22-10-7-17(14-28-22)30-24(32)21-9-5-15(13-27-21)23(31)29-16-6-8-19(25)18(12-16)20-4-2-3-11-26-20;1-15(26)13-30(28,29)14-16-5-7-17(8-6-16)22(27)25-18-9-10-20(23)19(12-18)21-4-2-3-11-24-21/h2-14H,15H2,1H3,(H,30,33)(H,32,34);1-14,16H,15H2,(H,29,32)(H,30,31);2-14H,1H3,(H,29,31)(H,30,32);2-12,15,26H,13-14H2,1H3,(H,25,27). The fourth-order valence-electron chi connectivity index (χ4n) is 12.3. The molecule has 8 aromatic heterocycles. The van der Waals surface area contributed by atoms with Crippen LogP contribution >= 0.6 is 58.0 Å². The molecule has 0 aliphatic rings. The summed E-state index contributed by atoms with van der Waals surface area (Å²) in [5.41, 5.74) is 13.5. The molecule has 7 amide bonds. The number of pyridine rings is 8. The van der Waals surface area contributed by atoms with Gasteiger partial charge in [-0.25, -0.2) is 13.4 Å². The number of rotatable bonds is 25. The molecule has 7 aromatic carbocycles. The van der Waals surface area contributed by atoms with E-state index in [0.717, 1.165) is 17.0 Å². The summed E-state index contributed by atoms with van der Waals surface area (Å²) in [6.45, 7) is 4.01. The van der Waals surface area contributed by atoms with Gasteiger partial charge in [-0.1, -0.05) is 131 Å². The number of amides is 7. The van der Waals surface area contributed by atoms with Crippen molar-refractivity contribution in [3.63, 3.8) is 0 Å². The number of benzene rings is 7. The molecule has 0 radical (unpaired) electrons. The Morgan fingerprint density at radius 2 is 0.783 bits per heavy atom. The lowest BCUT2D eigenvalue weighted by atomic mass is 10.1. The molecule has 0 fully saturated rings. The van der Waals surface area contributed by atoms with E-state index in [1.54, 1.807) is 146 Å². The van der Waals surface area contributed by atoms with E-state index in [4.69, 9.17) is 62.7 Å². The number of hydrogen-bond acceptors (Lipinski definition) is 19. The molecule has 15 aromatic rings. The number of anilines is 5. The lowest BCUT2D eigenvalue weighted by Crippen LogP contribution is -2.24. The van der Waals surface area contributed by atoms with Gasteiger partial charge in [0.1, 0.15) is 11.4 Å². The SMILES string of the molecule is CC(O)CS(=O)(=O)Cc1ccc(C(=O)Nc2ccc(Cl)c(-c3ccccn3)c2)cc1.COc1ccc(NC(=O)c2ccc(C(=O)Nc3ccc(Cl)c(-c4ccccn4)c3)cn2)cn1.Cc1cccc(CNC(=O)c2ccc(C(=O)Nc3ccc(Cl)c(-c4ccccn4)c3)c(Cl)c2)n1.O=C(Nc1ccc(Cl)c(-c2ccccn2)c1)c1ccc(C(=O)NCc2ccccc2)nc1. The van der Waals surface area contributed by atoms with Gasteiger partial charge in [0.25, 0.3) is 41.4 Å². The highest BCUT2D eigenvalue weighted by atomic mass is 35.5. The zero-order chi connectivity index (χ0) is 91.4. The van der Waals surface area contributed by atoms with Gasteiger partial charge in [0.05, 0.1) is 113 Å². The summed E-state index contributed by atoms with van der Waals surface area (Å²) in [4.78, 5) is 122. The van der Waals surface area contributed by atoms with Crippen molar-refractivity contribution < 1.29 is 51.8 Å². The van der Waals surface area contributed by atoms with E-state index in [0.29, 0.717) is 134 Å². The van der Waals surface area contributed by atoms with Crippen molar-refractivity contribution in [2.24, 2.45) is 0 Å². The number of aromatic nitrogens is 8. The predicted molar refractivity (Wildman–Crippen MR) is 503 cm³/mol. The Balaban J connectivity index is 0.000000156. The maximum atomic E-state index is 12.8. The van der Waals surface area contributed by atoms with Gasteiger partial charge in [0.15, 0.2) is 9.84 Å². The first-order chi connectivity index (χ1) is 62.3. The summed E-state index contributed by atoms with van der Waals surface area (Å²) in [6.07, 6.45) is 9.96. The van der Waals surface area contributed by atoms with E-state index in [1.807, 2.05) is 128 Å². The van der Waals surface area contributed by atoms with Crippen LogP contribution in [-0.2, 0) is 28.7 Å². The minimum atomic E-state index is -3.42. The van der Waals surface area contributed by atoms with Crippen LogP contribution in [0, 0.1) is 6.92 Å². The molecule has 0 bridgehead atoms. The number of carbonyl (C=O) groups excluding carboxylic acids is 7. The van der Waals surface area contributed by atoms with Crippen molar-refractivity contribution >= 4 is 138 Å². The molecule has 26 nitrogen and oxygen atoms in total. The molecule has 32 heteroatoms. The van der Waals surface area contributed by atoms with Crippen LogP contribution in [0.15, 0.2) is 316 Å². The van der Waals surface area contributed by atoms with Crippen LogP contribution in [0.25, 0.3) is 45.0 Å². The molecule has 0 saturated carbocycles. The Morgan fingerprint density at radius 3 is 1.19 bits per heavy atom. The van der Waals surface area contributed by atoms with Gasteiger partial charge in [-0.3, -0.25) is 68.4 Å². The molecule has 648 valence electrons. The highest BCUT2D eigenvalue weighted by molar-refractivity contribution is 7.90. The van der Waals surface area contributed by atoms with Crippen molar-refractivity contribution in [2.75, 3.05) is 39.4 Å². The molecule has 8 heterocycles. The topological polar surface area (TPSA) is 370 Å². The molecule has 0 aliphatic carbocycles. The third-order valence-electron chi connectivity index (χ3n) is 18.6. The van der Waals surface area contributed by atoms with Crippen molar-refractivity contribution in [3.05, 3.63) is 403 Å². The second-order valence-corrected chi connectivity index (χ2v) is 32.4. The number of halogens is 5. The zero-order valence-electron chi connectivity index (χ0n) is 68.8. The Labute approximate surface area is 767 Å². The van der Waals surface area contributed by atoms with Crippen LogP contribution in [0.4, 0.5) is 28.4 Å². The number of nitrogens with one attached hydrogen (secondary N) is 7. The first kappa shape index (κ1) is 93.3. The summed E-state index contributed by atoms with van der Waals surface area (Å²) < 4.78 is 29.0. The molecule has 0 aliphatic heterocycles. The minimum absolute atomic E-state index is 0.159. The third kappa shape index (κ3) is 27.4. The average molecular weight is 1840 g/mol. The Morgan fingerprint density at radius 1 is 0.364 bits per heavy atom. The highest BCUT2D eigenvalue weighted by Gasteiger charge is 2.21. The first-order valence-corrected chi connectivity index (χ1v) is 43.1. The molecule has 0 spiro atoms. The van der Waals surface area contributed by atoms with E-state index < -0.39 is 27.8 Å². The fraction of sp³-hybridized carbons (Fsp3) is 0.0825. The Hall–Kier alpha value is -14.8. The van der Waals surface area contributed by atoms with Gasteiger partial charge in [-0.05, 0) is 219 Å². The van der Waals surface area contributed by atoms with E-state index >= 15 is 0 Å². The molecule has 15 rings (SSSR count). The molecule has 1 unspecified atom stereocenters. The monoisotopic (exact) mass is 1840 g/mol. The van der Waals surface area contributed by atoms with Crippen LogP contribution in [0.3, 0.4) is 0 Å². The molecule has 1 atom stereocenters. The number of aliphatic hydroxyl groups excluding tert-OH is 1. The highest BCUT2D eigenvalue weighted by Crippen LogP contribution is 2.35. The number of sulfone groups is 1. The lowest BCUT2D eigenvalue weighted by Gasteiger charge is -2.11. The number of hydrogen-bond donors (Lipinski definition) is 8. The number of aryl methyl sites for hydroxylation is 1. The van der Waals surface area contributed by atoms with E-state index in [1.165, 1.54) is 63.0 Å². The van der Waals surface area contributed by atoms with Crippen LogP contribution in [0.2, 0.25) is 25.1 Å². The number of methoxy groups -OCH3 is 1. The normalized spacial score (nSPS) is 10.9. The number of aliphatic hydroxyl groups is 1. The first-order valence-electron chi connectivity index (χ1n) is 39.4. The largest absolute Gasteiger partial charge is 0.481 e. The molecule has 129 heavy (non-hydrogen) atoms. The maximum Gasteiger partial charge on any atom is 0.274 e. The van der Waals surface area contributed by atoms with E-state index in [-0.39, 0.29) is 69.6 Å². The molecule has 0 saturated heterocycles. The third-order valence-corrected chi connectivity index (χ3v) is 22.0. The maximum absolute atomic E-state index is 12.8. The minimum Gasteiger partial charge on any atom is -0.481 e. The predicted octanol–water partition coefficient (Wildman–Crippen LogP) is 19.6. The number of carbonyl (C=O) groups is 7. The second kappa shape index (κ2) is 45.4. The van der Waals surface area contributed by atoms with Crippen LogP contribution < -0.4 is 42.0 Å². The van der Waals surface area contributed by atoms with Crippen molar-refractivity contribution in [3.8, 4) is 50.9 Å². The fourth-order valence-corrected chi connectivity index (χ4v) is 15.0. The van der Waals surface area contributed by atoms with E-state index in [2.05, 4.69) is 77.1 Å². The smallest absolute Gasteiger partial charge is 0.274 e.